The van der Waals surface area contributed by atoms with Gasteiger partial charge in [-0.3, -0.25) is 0 Å². The Morgan fingerprint density at radius 1 is 1.16 bits per heavy atom. The minimum absolute atomic E-state index is 0.124. The second kappa shape index (κ2) is 8.19. The van der Waals surface area contributed by atoms with Gasteiger partial charge in [-0.15, -0.1) is 0 Å². The van der Waals surface area contributed by atoms with E-state index in [-0.39, 0.29) is 19.2 Å². The molecule has 0 bridgehead atoms. The van der Waals surface area contributed by atoms with Crippen LogP contribution in [0.25, 0.3) is 0 Å². The first-order valence-electron chi connectivity index (χ1n) is 7.38. The van der Waals surface area contributed by atoms with Crippen molar-refractivity contribution in [2.24, 2.45) is 0 Å². The number of hydrogen-bond donors (Lipinski definition) is 1. The van der Waals surface area contributed by atoms with E-state index in [0.29, 0.717) is 6.54 Å². The largest absolute Gasteiger partial charge is 0.395 e. The summed E-state index contributed by atoms with van der Waals surface area (Å²) < 4.78 is 28.1. The molecule has 0 atom stereocenters. The fourth-order valence-electron chi connectivity index (χ4n) is 2.60. The van der Waals surface area contributed by atoms with Crippen molar-refractivity contribution in [2.75, 3.05) is 26.7 Å². The summed E-state index contributed by atoms with van der Waals surface area (Å²) in [5.74, 6) is 0. The molecule has 0 aromatic carbocycles. The molecule has 0 amide bonds. The Balaban J connectivity index is 2.72. The van der Waals surface area contributed by atoms with Gasteiger partial charge in [0.2, 0.25) is 0 Å². The van der Waals surface area contributed by atoms with Crippen LogP contribution in [0.1, 0.15) is 51.9 Å². The summed E-state index contributed by atoms with van der Waals surface area (Å²) in [5.41, 5.74) is 0. The molecule has 0 heterocycles. The van der Waals surface area contributed by atoms with Crippen LogP contribution >= 0.6 is 0 Å². The van der Waals surface area contributed by atoms with Gasteiger partial charge < -0.3 is 5.11 Å². The van der Waals surface area contributed by atoms with Crippen molar-refractivity contribution in [3.63, 3.8) is 0 Å². The topological polar surface area (TPSA) is 60.9 Å². The van der Waals surface area contributed by atoms with Gasteiger partial charge in [-0.25, -0.2) is 0 Å². The fraction of sp³-hybridized carbons (Fsp3) is 1.00. The van der Waals surface area contributed by atoms with Crippen molar-refractivity contribution < 1.29 is 13.5 Å². The average molecular weight is 292 g/mol. The lowest BCUT2D eigenvalue weighted by atomic mass is 9.96. The lowest BCUT2D eigenvalue weighted by Gasteiger charge is -2.34. The Hall–Kier alpha value is -0.170. The zero-order valence-corrected chi connectivity index (χ0v) is 13.0. The summed E-state index contributed by atoms with van der Waals surface area (Å²) >= 11 is 0. The van der Waals surface area contributed by atoms with Crippen LogP contribution in [0.3, 0.4) is 0 Å². The van der Waals surface area contributed by atoms with E-state index in [1.807, 2.05) is 6.92 Å². The van der Waals surface area contributed by atoms with Gasteiger partial charge >= 0.3 is 0 Å². The van der Waals surface area contributed by atoms with Crippen LogP contribution in [0.2, 0.25) is 0 Å². The van der Waals surface area contributed by atoms with Crippen LogP contribution in [0.15, 0.2) is 0 Å². The molecule has 6 heteroatoms. The van der Waals surface area contributed by atoms with E-state index in [1.165, 1.54) is 15.0 Å². The van der Waals surface area contributed by atoms with Crippen molar-refractivity contribution in [2.45, 2.75) is 57.9 Å². The zero-order chi connectivity index (χ0) is 14.3. The molecule has 0 spiro atoms. The third-order valence-electron chi connectivity index (χ3n) is 3.89. The van der Waals surface area contributed by atoms with E-state index in [0.717, 1.165) is 38.5 Å². The van der Waals surface area contributed by atoms with Gasteiger partial charge in [0.25, 0.3) is 10.2 Å². The van der Waals surface area contributed by atoms with E-state index in [9.17, 15) is 8.42 Å². The highest BCUT2D eigenvalue weighted by molar-refractivity contribution is 7.86. The molecule has 0 aromatic heterocycles. The lowest BCUT2D eigenvalue weighted by molar-refractivity contribution is 0.228. The average Bonchev–Trinajstić information content (AvgIpc) is 2.43. The monoisotopic (exact) mass is 292 g/mol. The number of rotatable bonds is 8. The van der Waals surface area contributed by atoms with E-state index in [2.05, 4.69) is 0 Å². The maximum Gasteiger partial charge on any atom is 0.282 e. The first-order valence-corrected chi connectivity index (χ1v) is 8.77. The highest BCUT2D eigenvalue weighted by Crippen LogP contribution is 2.24. The highest BCUT2D eigenvalue weighted by Gasteiger charge is 2.32. The Morgan fingerprint density at radius 3 is 2.32 bits per heavy atom. The molecule has 0 radical (unpaired) electrons. The Kier molecular flexibility index (Phi) is 7.28. The van der Waals surface area contributed by atoms with Gasteiger partial charge in [-0.1, -0.05) is 32.6 Å². The maximum atomic E-state index is 12.6. The lowest BCUT2D eigenvalue weighted by Crippen LogP contribution is -2.48. The number of aliphatic hydroxyl groups excluding tert-OH is 1. The Labute approximate surface area is 117 Å². The first kappa shape index (κ1) is 16.9. The third kappa shape index (κ3) is 4.70. The SMILES string of the molecule is CCCCN(CCO)S(=O)(=O)N(C)C1CCCCC1. The van der Waals surface area contributed by atoms with Gasteiger partial charge in [-0.2, -0.15) is 17.0 Å². The highest BCUT2D eigenvalue weighted by atomic mass is 32.2. The Morgan fingerprint density at radius 2 is 1.79 bits per heavy atom. The molecule has 1 fully saturated rings. The van der Waals surface area contributed by atoms with Crippen LogP contribution in [0.5, 0.6) is 0 Å². The van der Waals surface area contributed by atoms with Gasteiger partial charge in [-0.05, 0) is 19.3 Å². The normalized spacial score (nSPS) is 18.4. The molecule has 1 saturated carbocycles. The molecule has 1 aliphatic carbocycles. The van der Waals surface area contributed by atoms with Crippen LogP contribution in [0.4, 0.5) is 0 Å². The van der Waals surface area contributed by atoms with Gasteiger partial charge in [0, 0.05) is 26.2 Å². The molecule has 0 aliphatic heterocycles. The van der Waals surface area contributed by atoms with Crippen LogP contribution < -0.4 is 0 Å². The summed E-state index contributed by atoms with van der Waals surface area (Å²) in [6.45, 7) is 2.60. The molecule has 5 nitrogen and oxygen atoms in total. The molecule has 0 unspecified atom stereocenters. The predicted molar refractivity (Wildman–Crippen MR) is 77.1 cm³/mol. The molecule has 1 aliphatic rings. The van der Waals surface area contributed by atoms with Crippen molar-refractivity contribution >= 4 is 10.2 Å². The second-order valence-corrected chi connectivity index (χ2v) is 7.28. The zero-order valence-electron chi connectivity index (χ0n) is 12.2. The van der Waals surface area contributed by atoms with Crippen molar-refractivity contribution in [1.29, 1.82) is 0 Å². The summed E-state index contributed by atoms with van der Waals surface area (Å²) in [6.07, 6.45) is 7.12. The van der Waals surface area contributed by atoms with Crippen LogP contribution in [-0.4, -0.2) is 54.9 Å². The molecular weight excluding hydrogens is 264 g/mol. The number of hydrogen-bond acceptors (Lipinski definition) is 3. The van der Waals surface area contributed by atoms with E-state index in [1.54, 1.807) is 7.05 Å². The van der Waals surface area contributed by atoms with E-state index < -0.39 is 10.2 Å². The standard InChI is InChI=1S/C13H28N2O3S/c1-3-4-10-15(11-12-16)19(17,18)14(2)13-8-6-5-7-9-13/h13,16H,3-12H2,1-2H3. The molecule has 1 N–H and O–H groups in total. The molecular formula is C13H28N2O3S. The fourth-order valence-corrected chi connectivity index (χ4v) is 4.23. The van der Waals surface area contributed by atoms with E-state index >= 15 is 0 Å². The van der Waals surface area contributed by atoms with Crippen molar-refractivity contribution in [1.82, 2.24) is 8.61 Å². The number of nitrogens with zero attached hydrogens (tertiary/aromatic N) is 2. The smallest absolute Gasteiger partial charge is 0.282 e. The maximum absolute atomic E-state index is 12.6. The quantitative estimate of drug-likeness (QED) is 0.739. The van der Waals surface area contributed by atoms with Gasteiger partial charge in [0.15, 0.2) is 0 Å². The molecule has 1 rings (SSSR count). The van der Waals surface area contributed by atoms with Crippen LogP contribution in [0, 0.1) is 0 Å². The van der Waals surface area contributed by atoms with Crippen LogP contribution in [-0.2, 0) is 10.2 Å². The van der Waals surface area contributed by atoms with Crippen molar-refractivity contribution in [3.8, 4) is 0 Å². The van der Waals surface area contributed by atoms with Crippen molar-refractivity contribution in [3.05, 3.63) is 0 Å². The minimum atomic E-state index is -3.43. The number of aliphatic hydroxyl groups is 1. The van der Waals surface area contributed by atoms with Gasteiger partial charge in [0.1, 0.15) is 0 Å². The predicted octanol–water partition coefficient (Wildman–Crippen LogP) is 1.59. The molecule has 0 aromatic rings. The van der Waals surface area contributed by atoms with Gasteiger partial charge in [0.05, 0.1) is 6.61 Å². The van der Waals surface area contributed by atoms with E-state index in [4.69, 9.17) is 5.11 Å². The summed E-state index contributed by atoms with van der Waals surface area (Å²) in [4.78, 5) is 0. The summed E-state index contributed by atoms with van der Waals surface area (Å²) in [6, 6.07) is 0.126. The third-order valence-corrected chi connectivity index (χ3v) is 5.93. The summed E-state index contributed by atoms with van der Waals surface area (Å²) in [5, 5.41) is 9.07. The second-order valence-electron chi connectivity index (χ2n) is 5.29. The summed E-state index contributed by atoms with van der Waals surface area (Å²) in [7, 11) is -1.75. The molecule has 19 heavy (non-hydrogen) atoms. The minimum Gasteiger partial charge on any atom is -0.395 e. The molecule has 0 saturated heterocycles. The molecule has 114 valence electrons. The Bertz CT molecular complexity index is 332. The number of unbranched alkanes of at least 4 members (excludes halogenated alkanes) is 1. The first-order chi connectivity index (χ1) is 9.04.